The van der Waals surface area contributed by atoms with Gasteiger partial charge in [0.25, 0.3) is 0 Å². The Balaban J connectivity index is 1.99. The minimum absolute atomic E-state index is 0.115. The molecule has 0 bridgehead atoms. The fraction of sp³-hybridized carbons (Fsp3) is 0.500. The summed E-state index contributed by atoms with van der Waals surface area (Å²) in [6.45, 7) is 4.19. The Bertz CT molecular complexity index is 456. The molecule has 1 aromatic carbocycles. The summed E-state index contributed by atoms with van der Waals surface area (Å²) in [6.07, 6.45) is 1.19. The number of nitrogens with zero attached hydrogens (tertiary/aromatic N) is 1. The second kappa shape index (κ2) is 5.94. The largest absolute Gasteiger partial charge is 0.372 e. The molecule has 2 atom stereocenters. The maximum absolute atomic E-state index is 13.6. The van der Waals surface area contributed by atoms with E-state index in [1.807, 2.05) is 6.07 Å². The molecule has 2 unspecified atom stereocenters. The van der Waals surface area contributed by atoms with Crippen molar-refractivity contribution in [1.82, 2.24) is 5.32 Å². The van der Waals surface area contributed by atoms with Gasteiger partial charge in [-0.25, -0.2) is 4.39 Å². The van der Waals surface area contributed by atoms with E-state index in [1.165, 1.54) is 12.1 Å². The summed E-state index contributed by atoms with van der Waals surface area (Å²) in [5.41, 5.74) is 0.914. The summed E-state index contributed by atoms with van der Waals surface area (Å²) in [6, 6.07) is 6.35. The van der Waals surface area contributed by atoms with E-state index in [4.69, 9.17) is 10.00 Å². The van der Waals surface area contributed by atoms with Gasteiger partial charge in [-0.05, 0) is 37.1 Å². The first-order valence-electron chi connectivity index (χ1n) is 6.21. The van der Waals surface area contributed by atoms with Crippen molar-refractivity contribution < 1.29 is 9.13 Å². The van der Waals surface area contributed by atoms with Gasteiger partial charge in [0.05, 0.1) is 24.3 Å². The van der Waals surface area contributed by atoms with Crippen molar-refractivity contribution in [2.45, 2.75) is 26.1 Å². The molecule has 1 saturated heterocycles. The van der Waals surface area contributed by atoms with Crippen LogP contribution in [0.15, 0.2) is 18.2 Å². The molecule has 1 heterocycles. The molecule has 1 aliphatic heterocycles. The molecular formula is C14H17FN2O. The van der Waals surface area contributed by atoms with Gasteiger partial charge in [-0.1, -0.05) is 6.92 Å². The quantitative estimate of drug-likeness (QED) is 0.892. The van der Waals surface area contributed by atoms with Gasteiger partial charge in [0.15, 0.2) is 0 Å². The van der Waals surface area contributed by atoms with Crippen molar-refractivity contribution in [1.29, 1.82) is 5.26 Å². The van der Waals surface area contributed by atoms with Crippen LogP contribution in [0.5, 0.6) is 0 Å². The summed E-state index contributed by atoms with van der Waals surface area (Å²) in [7, 11) is 0. The van der Waals surface area contributed by atoms with Crippen LogP contribution in [0, 0.1) is 23.1 Å². The summed E-state index contributed by atoms with van der Waals surface area (Å²) >= 11 is 0. The maximum atomic E-state index is 13.6. The van der Waals surface area contributed by atoms with Gasteiger partial charge >= 0.3 is 0 Å². The third-order valence-corrected chi connectivity index (χ3v) is 3.38. The van der Waals surface area contributed by atoms with E-state index in [0.717, 1.165) is 19.5 Å². The average molecular weight is 248 g/mol. The number of benzene rings is 1. The Kier molecular flexibility index (Phi) is 4.29. The molecule has 1 aliphatic rings. The van der Waals surface area contributed by atoms with Crippen LogP contribution in [0.4, 0.5) is 4.39 Å². The van der Waals surface area contributed by atoms with Crippen LogP contribution in [0.3, 0.4) is 0 Å². The van der Waals surface area contributed by atoms with Crippen LogP contribution in [0.2, 0.25) is 0 Å². The lowest BCUT2D eigenvalue weighted by Gasteiger charge is -2.29. The zero-order chi connectivity index (χ0) is 13.0. The zero-order valence-electron chi connectivity index (χ0n) is 10.4. The Morgan fingerprint density at radius 1 is 1.56 bits per heavy atom. The first-order chi connectivity index (χ1) is 8.70. The van der Waals surface area contributed by atoms with Crippen molar-refractivity contribution in [2.75, 3.05) is 13.1 Å². The molecule has 2 rings (SSSR count). The van der Waals surface area contributed by atoms with Gasteiger partial charge in [-0.3, -0.25) is 0 Å². The minimum Gasteiger partial charge on any atom is -0.372 e. The van der Waals surface area contributed by atoms with Crippen molar-refractivity contribution >= 4 is 0 Å². The summed E-state index contributed by atoms with van der Waals surface area (Å²) in [5.74, 6) is 0.166. The number of halogens is 1. The first-order valence-corrected chi connectivity index (χ1v) is 6.21. The summed E-state index contributed by atoms with van der Waals surface area (Å²) in [5, 5.41) is 12.1. The zero-order valence-corrected chi connectivity index (χ0v) is 10.4. The second-order valence-electron chi connectivity index (χ2n) is 4.74. The van der Waals surface area contributed by atoms with Gasteiger partial charge < -0.3 is 10.1 Å². The summed E-state index contributed by atoms with van der Waals surface area (Å²) in [4.78, 5) is 0. The molecule has 1 aromatic rings. The van der Waals surface area contributed by atoms with E-state index < -0.39 is 0 Å². The predicted octanol–water partition coefficient (Wildman–Crippen LogP) is 2.21. The monoisotopic (exact) mass is 248 g/mol. The molecule has 3 nitrogen and oxygen atoms in total. The molecule has 0 aliphatic carbocycles. The van der Waals surface area contributed by atoms with Crippen LogP contribution >= 0.6 is 0 Å². The number of hydrogen-bond donors (Lipinski definition) is 1. The SMILES string of the molecule is CC1CCNCC1OCc1cc(C#N)ccc1F. The molecule has 4 heteroatoms. The molecule has 1 N–H and O–H groups in total. The molecule has 0 spiro atoms. The number of ether oxygens (including phenoxy) is 1. The third kappa shape index (κ3) is 3.06. The van der Waals surface area contributed by atoms with Gasteiger partial charge in [0.1, 0.15) is 5.82 Å². The lowest BCUT2D eigenvalue weighted by Crippen LogP contribution is -2.40. The van der Waals surface area contributed by atoms with Gasteiger partial charge in [0.2, 0.25) is 0 Å². The van der Waals surface area contributed by atoms with Crippen LogP contribution < -0.4 is 5.32 Å². The molecule has 0 aromatic heterocycles. The maximum Gasteiger partial charge on any atom is 0.128 e. The Morgan fingerprint density at radius 2 is 2.39 bits per heavy atom. The van der Waals surface area contributed by atoms with Crippen LogP contribution in [0.1, 0.15) is 24.5 Å². The van der Waals surface area contributed by atoms with Gasteiger partial charge in [-0.15, -0.1) is 0 Å². The van der Waals surface area contributed by atoms with E-state index in [2.05, 4.69) is 12.2 Å². The lowest BCUT2D eigenvalue weighted by atomic mass is 9.97. The highest BCUT2D eigenvalue weighted by Gasteiger charge is 2.21. The number of rotatable bonds is 3. The molecule has 0 saturated carbocycles. The average Bonchev–Trinajstić information content (AvgIpc) is 2.39. The number of nitrogens with one attached hydrogen (secondary N) is 1. The standard InChI is InChI=1S/C14H17FN2O/c1-10-4-5-17-8-14(10)18-9-12-6-11(7-16)2-3-13(12)15/h2-3,6,10,14,17H,4-5,8-9H2,1H3. The molecule has 0 amide bonds. The fourth-order valence-electron chi connectivity index (χ4n) is 2.14. The first kappa shape index (κ1) is 13.0. The molecule has 96 valence electrons. The minimum atomic E-state index is -0.314. The Morgan fingerprint density at radius 3 is 3.11 bits per heavy atom. The highest BCUT2D eigenvalue weighted by molar-refractivity contribution is 5.33. The molecule has 18 heavy (non-hydrogen) atoms. The Labute approximate surface area is 107 Å². The van der Waals surface area contributed by atoms with Crippen LogP contribution in [-0.4, -0.2) is 19.2 Å². The lowest BCUT2D eigenvalue weighted by molar-refractivity contribution is -0.00766. The van der Waals surface area contributed by atoms with E-state index in [1.54, 1.807) is 6.07 Å². The second-order valence-corrected chi connectivity index (χ2v) is 4.74. The molecule has 0 radical (unpaired) electrons. The fourth-order valence-corrected chi connectivity index (χ4v) is 2.14. The van der Waals surface area contributed by atoms with E-state index in [9.17, 15) is 4.39 Å². The van der Waals surface area contributed by atoms with E-state index in [0.29, 0.717) is 17.0 Å². The molecular weight excluding hydrogens is 231 g/mol. The predicted molar refractivity (Wildman–Crippen MR) is 66.3 cm³/mol. The van der Waals surface area contributed by atoms with Crippen LogP contribution in [-0.2, 0) is 11.3 Å². The van der Waals surface area contributed by atoms with E-state index >= 15 is 0 Å². The highest BCUT2D eigenvalue weighted by atomic mass is 19.1. The molecule has 1 fully saturated rings. The van der Waals surface area contributed by atoms with E-state index in [-0.39, 0.29) is 18.5 Å². The van der Waals surface area contributed by atoms with Crippen molar-refractivity contribution in [3.8, 4) is 6.07 Å². The van der Waals surface area contributed by atoms with Crippen molar-refractivity contribution in [3.63, 3.8) is 0 Å². The van der Waals surface area contributed by atoms with Crippen molar-refractivity contribution in [2.24, 2.45) is 5.92 Å². The number of nitriles is 1. The van der Waals surface area contributed by atoms with Gasteiger partial charge in [0, 0.05) is 12.1 Å². The number of hydrogen-bond acceptors (Lipinski definition) is 3. The van der Waals surface area contributed by atoms with Gasteiger partial charge in [-0.2, -0.15) is 5.26 Å². The van der Waals surface area contributed by atoms with Crippen LogP contribution in [0.25, 0.3) is 0 Å². The Hall–Kier alpha value is -1.44. The third-order valence-electron chi connectivity index (χ3n) is 3.38. The highest BCUT2D eigenvalue weighted by Crippen LogP contribution is 2.18. The number of piperidine rings is 1. The van der Waals surface area contributed by atoms with Crippen molar-refractivity contribution in [3.05, 3.63) is 35.1 Å². The summed E-state index contributed by atoms with van der Waals surface area (Å²) < 4.78 is 19.3. The smallest absolute Gasteiger partial charge is 0.128 e. The normalized spacial score (nSPS) is 23.6. The topological polar surface area (TPSA) is 45.0 Å².